The maximum Gasteiger partial charge on any atom is 0.0700 e. The molecule has 0 amide bonds. The molecule has 0 bridgehead atoms. The molecule has 4 heteroatoms. The van der Waals surface area contributed by atoms with Crippen molar-refractivity contribution in [1.29, 1.82) is 0 Å². The van der Waals surface area contributed by atoms with Gasteiger partial charge in [-0.15, -0.1) is 0 Å². The average molecular weight is 286 g/mol. The molecule has 1 aliphatic heterocycles. The summed E-state index contributed by atoms with van der Waals surface area (Å²) in [7, 11) is 1.71. The van der Waals surface area contributed by atoms with Crippen molar-refractivity contribution >= 4 is 0 Å². The molecule has 2 atom stereocenters. The van der Waals surface area contributed by atoms with E-state index in [0.29, 0.717) is 13.2 Å². The van der Waals surface area contributed by atoms with Crippen LogP contribution in [-0.4, -0.2) is 62.5 Å². The largest absolute Gasteiger partial charge is 0.382 e. The monoisotopic (exact) mass is 286 g/mol. The standard InChI is InChI=1S/C16H34N2O2/c1-6-15(3)14-18(16(4,7-2)13-17-15)9-8-10-20-12-11-19-5/h17H,6-14H2,1-5H3. The molecule has 1 fully saturated rings. The maximum absolute atomic E-state index is 5.58. The summed E-state index contributed by atoms with van der Waals surface area (Å²) in [5.74, 6) is 0. The molecule has 1 aliphatic rings. The Morgan fingerprint density at radius 1 is 1.10 bits per heavy atom. The summed E-state index contributed by atoms with van der Waals surface area (Å²) < 4.78 is 10.6. The molecule has 1 rings (SSSR count). The third-order valence-corrected chi connectivity index (χ3v) is 4.89. The molecule has 1 heterocycles. The number of nitrogens with zero attached hydrogens (tertiary/aromatic N) is 1. The summed E-state index contributed by atoms with van der Waals surface area (Å²) in [4.78, 5) is 2.66. The lowest BCUT2D eigenvalue weighted by Crippen LogP contribution is -2.67. The molecule has 0 spiro atoms. The molecule has 120 valence electrons. The van der Waals surface area contributed by atoms with E-state index in [9.17, 15) is 0 Å². The third kappa shape index (κ3) is 4.99. The zero-order valence-corrected chi connectivity index (χ0v) is 14.1. The number of piperazine rings is 1. The third-order valence-electron chi connectivity index (χ3n) is 4.89. The van der Waals surface area contributed by atoms with E-state index in [2.05, 4.69) is 37.9 Å². The predicted molar refractivity (Wildman–Crippen MR) is 84.3 cm³/mol. The van der Waals surface area contributed by atoms with Crippen molar-refractivity contribution in [1.82, 2.24) is 10.2 Å². The fourth-order valence-corrected chi connectivity index (χ4v) is 2.72. The lowest BCUT2D eigenvalue weighted by molar-refractivity contribution is 0.00611. The minimum atomic E-state index is 0.256. The number of ether oxygens (including phenoxy) is 2. The zero-order chi connectivity index (χ0) is 15.1. The van der Waals surface area contributed by atoms with Crippen LogP contribution in [0.5, 0.6) is 0 Å². The fourth-order valence-electron chi connectivity index (χ4n) is 2.72. The second-order valence-corrected chi connectivity index (χ2v) is 6.50. The van der Waals surface area contributed by atoms with Crippen molar-refractivity contribution in [2.45, 2.75) is 58.0 Å². The van der Waals surface area contributed by atoms with Crippen LogP contribution in [0, 0.1) is 0 Å². The molecule has 0 aromatic rings. The molecule has 0 aliphatic carbocycles. The van der Waals surface area contributed by atoms with E-state index in [1.807, 2.05) is 0 Å². The van der Waals surface area contributed by atoms with Gasteiger partial charge in [0.1, 0.15) is 0 Å². The Bertz CT molecular complexity index is 275. The molecule has 0 saturated carbocycles. The van der Waals surface area contributed by atoms with E-state index in [-0.39, 0.29) is 11.1 Å². The number of nitrogens with one attached hydrogen (secondary N) is 1. The van der Waals surface area contributed by atoms with Gasteiger partial charge in [-0.3, -0.25) is 4.90 Å². The SMILES string of the molecule is CCC1(C)CN(CCCOCCOC)C(C)(CC)CN1. The van der Waals surface area contributed by atoms with Crippen LogP contribution in [0.15, 0.2) is 0 Å². The van der Waals surface area contributed by atoms with Crippen molar-refractivity contribution in [2.75, 3.05) is 46.6 Å². The van der Waals surface area contributed by atoms with Gasteiger partial charge in [0.05, 0.1) is 13.2 Å². The van der Waals surface area contributed by atoms with Crippen LogP contribution in [0.25, 0.3) is 0 Å². The lowest BCUT2D eigenvalue weighted by atomic mass is 9.85. The summed E-state index contributed by atoms with van der Waals surface area (Å²) in [5, 5.41) is 3.75. The minimum absolute atomic E-state index is 0.256. The highest BCUT2D eigenvalue weighted by Gasteiger charge is 2.40. The highest BCUT2D eigenvalue weighted by molar-refractivity contribution is 5.00. The van der Waals surface area contributed by atoms with Gasteiger partial charge in [-0.2, -0.15) is 0 Å². The summed E-state index contributed by atoms with van der Waals surface area (Å²) in [6, 6.07) is 0. The Morgan fingerprint density at radius 3 is 2.45 bits per heavy atom. The van der Waals surface area contributed by atoms with Gasteiger partial charge < -0.3 is 14.8 Å². The van der Waals surface area contributed by atoms with Gasteiger partial charge in [-0.05, 0) is 33.1 Å². The van der Waals surface area contributed by atoms with E-state index in [0.717, 1.165) is 32.7 Å². The second kappa shape index (κ2) is 8.32. The summed E-state index contributed by atoms with van der Waals surface area (Å²) in [5.41, 5.74) is 0.535. The molecular weight excluding hydrogens is 252 g/mol. The smallest absolute Gasteiger partial charge is 0.0700 e. The van der Waals surface area contributed by atoms with E-state index < -0.39 is 0 Å². The van der Waals surface area contributed by atoms with Gasteiger partial charge >= 0.3 is 0 Å². The van der Waals surface area contributed by atoms with E-state index in [1.165, 1.54) is 12.8 Å². The van der Waals surface area contributed by atoms with Gasteiger partial charge in [0, 0.05) is 44.4 Å². The average Bonchev–Trinajstić information content (AvgIpc) is 2.46. The number of methoxy groups -OCH3 is 1. The van der Waals surface area contributed by atoms with Crippen LogP contribution < -0.4 is 5.32 Å². The van der Waals surface area contributed by atoms with Gasteiger partial charge in [0.2, 0.25) is 0 Å². The van der Waals surface area contributed by atoms with Gasteiger partial charge in [-0.25, -0.2) is 0 Å². The van der Waals surface area contributed by atoms with Crippen LogP contribution in [0.4, 0.5) is 0 Å². The Morgan fingerprint density at radius 2 is 1.85 bits per heavy atom. The number of hydrogen-bond donors (Lipinski definition) is 1. The van der Waals surface area contributed by atoms with Crippen molar-refractivity contribution in [3.05, 3.63) is 0 Å². The van der Waals surface area contributed by atoms with E-state index in [4.69, 9.17) is 9.47 Å². The normalized spacial score (nSPS) is 31.6. The molecule has 0 aromatic heterocycles. The molecule has 2 unspecified atom stereocenters. The van der Waals surface area contributed by atoms with Crippen molar-refractivity contribution in [3.8, 4) is 0 Å². The van der Waals surface area contributed by atoms with Gasteiger partial charge in [0.15, 0.2) is 0 Å². The molecule has 0 radical (unpaired) electrons. The Labute approximate surface area is 125 Å². The van der Waals surface area contributed by atoms with Crippen LogP contribution >= 0.6 is 0 Å². The van der Waals surface area contributed by atoms with Crippen LogP contribution in [0.3, 0.4) is 0 Å². The molecule has 20 heavy (non-hydrogen) atoms. The highest BCUT2D eigenvalue weighted by atomic mass is 16.5. The van der Waals surface area contributed by atoms with Crippen molar-refractivity contribution in [3.63, 3.8) is 0 Å². The molecule has 1 N–H and O–H groups in total. The number of rotatable bonds is 9. The fraction of sp³-hybridized carbons (Fsp3) is 1.00. The summed E-state index contributed by atoms with van der Waals surface area (Å²) in [6.45, 7) is 14.8. The minimum Gasteiger partial charge on any atom is -0.382 e. The molecule has 1 saturated heterocycles. The van der Waals surface area contributed by atoms with E-state index in [1.54, 1.807) is 7.11 Å². The lowest BCUT2D eigenvalue weighted by Gasteiger charge is -2.52. The second-order valence-electron chi connectivity index (χ2n) is 6.50. The van der Waals surface area contributed by atoms with Crippen LogP contribution in [0.1, 0.15) is 47.0 Å². The van der Waals surface area contributed by atoms with Crippen molar-refractivity contribution in [2.24, 2.45) is 0 Å². The quantitative estimate of drug-likeness (QED) is 0.659. The topological polar surface area (TPSA) is 33.7 Å². The first-order chi connectivity index (χ1) is 9.49. The van der Waals surface area contributed by atoms with Crippen LogP contribution in [0.2, 0.25) is 0 Å². The Kier molecular flexibility index (Phi) is 7.45. The van der Waals surface area contributed by atoms with E-state index >= 15 is 0 Å². The maximum atomic E-state index is 5.58. The van der Waals surface area contributed by atoms with Gasteiger partial charge in [-0.1, -0.05) is 13.8 Å². The Hall–Kier alpha value is -0.160. The first-order valence-corrected chi connectivity index (χ1v) is 8.06. The first-order valence-electron chi connectivity index (χ1n) is 8.06. The highest BCUT2D eigenvalue weighted by Crippen LogP contribution is 2.28. The first kappa shape index (κ1) is 17.9. The van der Waals surface area contributed by atoms with Gasteiger partial charge in [0.25, 0.3) is 0 Å². The Balaban J connectivity index is 2.41. The summed E-state index contributed by atoms with van der Waals surface area (Å²) in [6.07, 6.45) is 3.46. The van der Waals surface area contributed by atoms with Crippen molar-refractivity contribution < 1.29 is 9.47 Å². The molecular formula is C16H34N2O2. The molecule has 0 aromatic carbocycles. The van der Waals surface area contributed by atoms with Crippen LogP contribution in [-0.2, 0) is 9.47 Å². The summed E-state index contributed by atoms with van der Waals surface area (Å²) >= 11 is 0. The predicted octanol–water partition coefficient (Wildman–Crippen LogP) is 2.28. The molecule has 4 nitrogen and oxygen atoms in total. The number of hydrogen-bond acceptors (Lipinski definition) is 4. The zero-order valence-electron chi connectivity index (χ0n) is 14.1.